The molecule has 0 atom stereocenters. The Balaban J connectivity index is 0.00000397. The van der Waals surface area contributed by atoms with Crippen molar-refractivity contribution in [1.29, 1.82) is 0 Å². The molecular weight excluding hydrogens is 910 g/mol. The van der Waals surface area contributed by atoms with Gasteiger partial charge in [0, 0.05) is 49.3 Å². The van der Waals surface area contributed by atoms with Gasteiger partial charge >= 0.3 is 0 Å². The third kappa shape index (κ3) is 5.66. The maximum atomic E-state index is 11.4. The average Bonchev–Trinajstić information content (AvgIpc) is 4.00. The second-order valence-corrected chi connectivity index (χ2v) is 14.9. The van der Waals surface area contributed by atoms with E-state index in [4.69, 9.17) is 18.8 Å². The van der Waals surface area contributed by atoms with E-state index in [1.54, 1.807) is 6.07 Å². The van der Waals surface area contributed by atoms with Crippen molar-refractivity contribution in [3.05, 3.63) is 181 Å². The van der Waals surface area contributed by atoms with Crippen LogP contribution in [0.1, 0.15) is 11.1 Å². The average molecular weight is 942 g/mol. The van der Waals surface area contributed by atoms with Crippen LogP contribution in [0, 0.1) is 6.07 Å². The van der Waals surface area contributed by atoms with Crippen LogP contribution >= 0.6 is 0 Å². The van der Waals surface area contributed by atoms with E-state index in [9.17, 15) is 5.11 Å². The van der Waals surface area contributed by atoms with Gasteiger partial charge in [0.1, 0.15) is 22.5 Å². The number of hydrogen-bond acceptors (Lipinski definition) is 5. The van der Waals surface area contributed by atoms with Crippen LogP contribution in [0.2, 0.25) is 0 Å². The third-order valence-corrected chi connectivity index (χ3v) is 11.6. The van der Waals surface area contributed by atoms with Gasteiger partial charge in [-0.25, -0.2) is 4.98 Å². The largest absolute Gasteiger partial charge is 0.507 e. The molecule has 4 aromatic heterocycles. The van der Waals surface area contributed by atoms with Gasteiger partial charge in [-0.3, -0.25) is 4.98 Å². The van der Waals surface area contributed by atoms with Gasteiger partial charge in [0.2, 0.25) is 0 Å². The van der Waals surface area contributed by atoms with E-state index < -0.39 is 0 Å². The topological polar surface area (TPSA) is 77.2 Å². The third-order valence-electron chi connectivity index (χ3n) is 11.6. The standard InChI is InChI=1S/C52H32N3O3.Pt/c56-44-18-9-13-32-21-24-37-39(34-23-26-46-40(28-34)36-16-7-8-19-45(36)57-46)29-42(53-51(37)49(32)44)43-30-55(35-14-5-2-6-15-35)52(54-43)38-17-10-20-48-50(38)41-27-33(22-25-47(41)58-48)31-11-3-1-4-12-31;/h1-16,18-20,22-23,25-30,56H,21,24H2;/q-1;. The zero-order valence-corrected chi connectivity index (χ0v) is 33.7. The minimum atomic E-state index is 0. The van der Waals surface area contributed by atoms with Crippen LogP contribution in [-0.4, -0.2) is 19.6 Å². The fourth-order valence-corrected chi connectivity index (χ4v) is 8.86. The molecule has 59 heavy (non-hydrogen) atoms. The summed E-state index contributed by atoms with van der Waals surface area (Å²) in [5.74, 6) is 0.944. The predicted octanol–water partition coefficient (Wildman–Crippen LogP) is 13.0. The van der Waals surface area contributed by atoms with E-state index in [-0.39, 0.29) is 26.8 Å². The molecule has 0 amide bonds. The molecule has 284 valence electrons. The van der Waals surface area contributed by atoms with Crippen LogP contribution in [0.5, 0.6) is 5.75 Å². The predicted molar refractivity (Wildman–Crippen MR) is 231 cm³/mol. The number of nitrogens with zero attached hydrogens (tertiary/aromatic N) is 3. The zero-order chi connectivity index (χ0) is 38.3. The Morgan fingerprint density at radius 1 is 0.576 bits per heavy atom. The minimum absolute atomic E-state index is 0. The number of phenolic OH excluding ortho intramolecular Hbond substituents is 1. The van der Waals surface area contributed by atoms with Crippen LogP contribution in [0.15, 0.2) is 173 Å². The van der Waals surface area contributed by atoms with E-state index in [1.807, 2.05) is 66.7 Å². The van der Waals surface area contributed by atoms with Gasteiger partial charge in [-0.15, -0.1) is 12.1 Å². The summed E-state index contributed by atoms with van der Waals surface area (Å²) in [6.45, 7) is 0. The van der Waals surface area contributed by atoms with Crippen LogP contribution < -0.4 is 0 Å². The second-order valence-electron chi connectivity index (χ2n) is 14.9. The molecule has 0 saturated heterocycles. The van der Waals surface area contributed by atoms with Crippen molar-refractivity contribution in [3.8, 4) is 67.7 Å². The number of aryl methyl sites for hydroxylation is 1. The molecule has 7 heteroatoms. The van der Waals surface area contributed by atoms with Crippen molar-refractivity contribution in [2.24, 2.45) is 0 Å². The number of benzene rings is 7. The Morgan fingerprint density at radius 2 is 1.31 bits per heavy atom. The molecule has 0 fully saturated rings. The van der Waals surface area contributed by atoms with Crippen molar-refractivity contribution >= 4 is 43.9 Å². The smallest absolute Gasteiger partial charge is 0.135 e. The number of rotatable bonds is 5. The van der Waals surface area contributed by atoms with Gasteiger partial charge < -0.3 is 18.5 Å². The van der Waals surface area contributed by atoms with Crippen LogP contribution in [0.4, 0.5) is 0 Å². The summed E-state index contributed by atoms with van der Waals surface area (Å²) >= 11 is 0. The molecule has 11 aromatic rings. The van der Waals surface area contributed by atoms with Crippen LogP contribution in [0.25, 0.3) is 106 Å². The van der Waals surface area contributed by atoms with E-state index >= 15 is 0 Å². The number of para-hydroxylation sites is 2. The van der Waals surface area contributed by atoms with Crippen LogP contribution in [0.3, 0.4) is 0 Å². The summed E-state index contributed by atoms with van der Waals surface area (Å²) in [6.07, 6.45) is 3.66. The van der Waals surface area contributed by atoms with E-state index in [0.29, 0.717) is 11.4 Å². The summed E-state index contributed by atoms with van der Waals surface area (Å²) < 4.78 is 14.8. The summed E-state index contributed by atoms with van der Waals surface area (Å²) in [6, 6.07) is 56.9. The molecule has 0 saturated carbocycles. The Kier molecular flexibility index (Phi) is 8.24. The maximum Gasteiger partial charge on any atom is 0.135 e. The first kappa shape index (κ1) is 35.2. The van der Waals surface area contributed by atoms with E-state index in [0.717, 1.165) is 118 Å². The fraction of sp³-hybridized carbons (Fsp3) is 0.0385. The summed E-state index contributed by atoms with van der Waals surface area (Å²) in [5, 5.41) is 15.5. The van der Waals surface area contributed by atoms with Crippen molar-refractivity contribution in [1.82, 2.24) is 14.5 Å². The van der Waals surface area contributed by atoms with Crippen molar-refractivity contribution < 1.29 is 35.0 Å². The Labute approximate surface area is 353 Å². The molecule has 12 rings (SSSR count). The summed E-state index contributed by atoms with van der Waals surface area (Å²) in [5.41, 5.74) is 14.5. The van der Waals surface area contributed by atoms with Crippen LogP contribution in [-0.2, 0) is 33.9 Å². The quantitative estimate of drug-likeness (QED) is 0.174. The Morgan fingerprint density at radius 3 is 2.17 bits per heavy atom. The first-order valence-electron chi connectivity index (χ1n) is 19.5. The Bertz CT molecular complexity index is 3420. The maximum absolute atomic E-state index is 11.4. The normalized spacial score (nSPS) is 12.2. The SMILES string of the molecule is Oc1cccc2c1-c1nc(-c3cn(-c4ccccc4)c(-c4[c-]ccc5oc6ccc(-c7ccccc7)cc6c45)n3)cc(-c3ccc4oc5ccccc5c4c3)c1CC2.[Pt]. The molecule has 1 aliphatic carbocycles. The number of phenols is 1. The number of aromatic nitrogens is 3. The number of pyridine rings is 1. The zero-order valence-electron chi connectivity index (χ0n) is 31.4. The molecule has 0 bridgehead atoms. The number of hydrogen-bond donors (Lipinski definition) is 1. The second kappa shape index (κ2) is 13.8. The molecule has 0 aliphatic heterocycles. The summed E-state index contributed by atoms with van der Waals surface area (Å²) in [7, 11) is 0. The first-order chi connectivity index (χ1) is 28.6. The van der Waals surface area contributed by atoms with Crippen molar-refractivity contribution in [2.75, 3.05) is 0 Å². The number of fused-ring (bicyclic) bond motifs is 9. The van der Waals surface area contributed by atoms with Gasteiger partial charge in [0.15, 0.2) is 0 Å². The molecular formula is C52H32N3O3Pt-. The monoisotopic (exact) mass is 941 g/mol. The first-order valence-corrected chi connectivity index (χ1v) is 19.5. The summed E-state index contributed by atoms with van der Waals surface area (Å²) in [4.78, 5) is 10.8. The number of furan rings is 2. The van der Waals surface area contributed by atoms with E-state index in [2.05, 4.69) is 102 Å². The molecule has 0 unspecified atom stereocenters. The van der Waals surface area contributed by atoms with Gasteiger partial charge in [-0.2, -0.15) is 0 Å². The van der Waals surface area contributed by atoms with Gasteiger partial charge in [-0.05, 0) is 100 Å². The molecule has 1 N–H and O–H groups in total. The van der Waals surface area contributed by atoms with Crippen molar-refractivity contribution in [2.45, 2.75) is 12.8 Å². The minimum Gasteiger partial charge on any atom is -0.507 e. The fourth-order valence-electron chi connectivity index (χ4n) is 8.86. The van der Waals surface area contributed by atoms with Crippen molar-refractivity contribution in [3.63, 3.8) is 0 Å². The molecule has 0 radical (unpaired) electrons. The number of aromatic hydroxyl groups is 1. The van der Waals surface area contributed by atoms with E-state index in [1.165, 1.54) is 0 Å². The van der Waals surface area contributed by atoms with Gasteiger partial charge in [0.05, 0.1) is 28.5 Å². The molecule has 6 nitrogen and oxygen atoms in total. The molecule has 0 spiro atoms. The molecule has 1 aliphatic rings. The number of imidazole rings is 1. The molecule has 7 aromatic carbocycles. The van der Waals surface area contributed by atoms with Gasteiger partial charge in [-0.1, -0.05) is 114 Å². The molecule has 4 heterocycles. The van der Waals surface area contributed by atoms with Gasteiger partial charge in [0.25, 0.3) is 0 Å². The Hall–Kier alpha value is -7.01.